The second kappa shape index (κ2) is 4.81. The van der Waals surface area contributed by atoms with Crippen molar-refractivity contribution in [3.05, 3.63) is 41.3 Å². The van der Waals surface area contributed by atoms with E-state index < -0.39 is 42.8 Å². The van der Waals surface area contributed by atoms with Gasteiger partial charge in [0.2, 0.25) is 0 Å². The van der Waals surface area contributed by atoms with Crippen LogP contribution in [0.25, 0.3) is 5.69 Å². The fraction of sp³-hybridized carbons (Fsp3) is 0. The van der Waals surface area contributed by atoms with Crippen molar-refractivity contribution in [1.82, 2.24) is 9.78 Å². The number of rotatable bonds is 2. The molecule has 0 atom stereocenters. The van der Waals surface area contributed by atoms with E-state index in [1.165, 1.54) is 6.07 Å². The van der Waals surface area contributed by atoms with E-state index in [4.69, 9.17) is 15.9 Å². The summed E-state index contributed by atoms with van der Waals surface area (Å²) < 4.78 is 62.5. The predicted octanol–water partition coefficient (Wildman–Crippen LogP) is 2.09. The average Bonchev–Trinajstić information content (AvgIpc) is 2.79. The maximum atomic E-state index is 13.1. The van der Waals surface area contributed by atoms with Gasteiger partial charge in [0.05, 0.1) is 11.9 Å². The first kappa shape index (κ1) is 14.4. The van der Waals surface area contributed by atoms with Crippen molar-refractivity contribution in [2.24, 2.45) is 0 Å². The number of benzene rings is 1. The number of halogens is 4. The fourth-order valence-electron chi connectivity index (χ4n) is 1.50. The maximum absolute atomic E-state index is 13.1. The number of aromatic nitrogens is 2. The molecule has 1 heterocycles. The first-order valence-corrected chi connectivity index (χ1v) is 7.14. The highest BCUT2D eigenvalue weighted by atomic mass is 35.7. The van der Waals surface area contributed by atoms with Gasteiger partial charge in [-0.05, 0) is 0 Å². The number of nitriles is 1. The summed E-state index contributed by atoms with van der Waals surface area (Å²) in [6.45, 7) is 0. The van der Waals surface area contributed by atoms with Crippen LogP contribution < -0.4 is 0 Å². The standard InChI is InChI=1S/C10H3ClF3N3O2S/c11-20(18,19)10-5(3-15)4-16-17(10)6-1-7(12)9(14)8(13)2-6/h1-2,4H. The Morgan fingerprint density at radius 2 is 1.80 bits per heavy atom. The summed E-state index contributed by atoms with van der Waals surface area (Å²) >= 11 is 0. The summed E-state index contributed by atoms with van der Waals surface area (Å²) in [5.74, 6) is -4.78. The minimum atomic E-state index is -4.41. The number of hydrogen-bond acceptors (Lipinski definition) is 4. The molecule has 0 saturated heterocycles. The van der Waals surface area contributed by atoms with Gasteiger partial charge in [0.25, 0.3) is 9.05 Å². The molecule has 2 rings (SSSR count). The highest BCUT2D eigenvalue weighted by molar-refractivity contribution is 8.13. The molecule has 20 heavy (non-hydrogen) atoms. The molecule has 0 bridgehead atoms. The molecule has 0 spiro atoms. The van der Waals surface area contributed by atoms with Gasteiger partial charge in [-0.15, -0.1) is 0 Å². The zero-order chi connectivity index (χ0) is 15.1. The zero-order valence-electron chi connectivity index (χ0n) is 9.31. The van der Waals surface area contributed by atoms with Gasteiger partial charge in [0.15, 0.2) is 22.5 Å². The van der Waals surface area contributed by atoms with Crippen LogP contribution >= 0.6 is 10.7 Å². The first-order chi connectivity index (χ1) is 9.25. The van der Waals surface area contributed by atoms with Gasteiger partial charge in [-0.3, -0.25) is 0 Å². The second-order valence-electron chi connectivity index (χ2n) is 3.55. The highest BCUT2D eigenvalue weighted by Crippen LogP contribution is 2.24. The molecular formula is C10H3ClF3N3O2S. The lowest BCUT2D eigenvalue weighted by Crippen LogP contribution is -2.07. The molecule has 0 N–H and O–H groups in total. The summed E-state index contributed by atoms with van der Waals surface area (Å²) in [5.41, 5.74) is -0.840. The molecule has 0 aliphatic heterocycles. The van der Waals surface area contributed by atoms with Crippen molar-refractivity contribution in [3.63, 3.8) is 0 Å². The molecule has 0 fully saturated rings. The van der Waals surface area contributed by atoms with Crippen molar-refractivity contribution in [3.8, 4) is 11.8 Å². The van der Waals surface area contributed by atoms with Crippen molar-refractivity contribution in [2.45, 2.75) is 5.03 Å². The van der Waals surface area contributed by atoms with Gasteiger partial charge in [-0.1, -0.05) is 0 Å². The molecule has 1 aromatic heterocycles. The van der Waals surface area contributed by atoms with Gasteiger partial charge in [0.1, 0.15) is 11.6 Å². The first-order valence-electron chi connectivity index (χ1n) is 4.83. The number of hydrogen-bond donors (Lipinski definition) is 0. The molecule has 5 nitrogen and oxygen atoms in total. The Morgan fingerprint density at radius 1 is 1.25 bits per heavy atom. The summed E-state index contributed by atoms with van der Waals surface area (Å²) in [6, 6.07) is 2.58. The molecule has 0 radical (unpaired) electrons. The Kier molecular flexibility index (Phi) is 3.45. The van der Waals surface area contributed by atoms with E-state index in [9.17, 15) is 21.6 Å². The van der Waals surface area contributed by atoms with E-state index in [0.29, 0.717) is 16.8 Å². The van der Waals surface area contributed by atoms with E-state index in [1.54, 1.807) is 0 Å². The normalized spacial score (nSPS) is 11.3. The average molecular weight is 322 g/mol. The van der Waals surface area contributed by atoms with Crippen molar-refractivity contribution < 1.29 is 21.6 Å². The number of nitrogens with zero attached hydrogens (tertiary/aromatic N) is 3. The lowest BCUT2D eigenvalue weighted by molar-refractivity contribution is 0.445. The molecule has 0 unspecified atom stereocenters. The van der Waals surface area contributed by atoms with Gasteiger partial charge < -0.3 is 0 Å². The van der Waals surface area contributed by atoms with E-state index in [0.717, 1.165) is 6.20 Å². The smallest absolute Gasteiger partial charge is 0.219 e. The van der Waals surface area contributed by atoms with Crippen LogP contribution in [0, 0.1) is 28.8 Å². The third-order valence-electron chi connectivity index (χ3n) is 2.29. The van der Waals surface area contributed by atoms with Crippen LogP contribution in [0.1, 0.15) is 5.56 Å². The van der Waals surface area contributed by atoms with E-state index in [1.807, 2.05) is 0 Å². The third-order valence-corrected chi connectivity index (χ3v) is 3.58. The highest BCUT2D eigenvalue weighted by Gasteiger charge is 2.25. The summed E-state index contributed by atoms with van der Waals surface area (Å²) in [5, 5.41) is 11.5. The molecular weight excluding hydrogens is 319 g/mol. The largest absolute Gasteiger partial charge is 0.280 e. The SMILES string of the molecule is N#Cc1cnn(-c2cc(F)c(F)c(F)c2)c1S(=O)(=O)Cl. The maximum Gasteiger partial charge on any atom is 0.280 e. The zero-order valence-corrected chi connectivity index (χ0v) is 10.9. The molecule has 0 aliphatic carbocycles. The monoisotopic (exact) mass is 321 g/mol. The lowest BCUT2D eigenvalue weighted by atomic mass is 10.3. The van der Waals surface area contributed by atoms with E-state index in [-0.39, 0.29) is 0 Å². The Balaban J connectivity index is 2.79. The van der Waals surface area contributed by atoms with Crippen LogP contribution in [0.4, 0.5) is 13.2 Å². The van der Waals surface area contributed by atoms with E-state index in [2.05, 4.69) is 5.10 Å². The summed E-state index contributed by atoms with van der Waals surface area (Å²) in [6.07, 6.45) is 0.856. The van der Waals surface area contributed by atoms with Gasteiger partial charge in [-0.2, -0.15) is 10.4 Å². The van der Waals surface area contributed by atoms with Gasteiger partial charge in [-0.25, -0.2) is 26.3 Å². The van der Waals surface area contributed by atoms with Crippen LogP contribution in [-0.4, -0.2) is 18.2 Å². The van der Waals surface area contributed by atoms with Crippen molar-refractivity contribution in [2.75, 3.05) is 0 Å². The van der Waals surface area contributed by atoms with E-state index >= 15 is 0 Å². The molecule has 2 aromatic rings. The molecule has 0 aliphatic rings. The molecule has 0 amide bonds. The van der Waals surface area contributed by atoms with Crippen molar-refractivity contribution in [1.29, 1.82) is 5.26 Å². The fourth-order valence-corrected chi connectivity index (χ4v) is 2.66. The molecule has 0 saturated carbocycles. The van der Waals surface area contributed by atoms with Crippen molar-refractivity contribution >= 4 is 19.7 Å². The van der Waals surface area contributed by atoms with Crippen LogP contribution in [0.5, 0.6) is 0 Å². The van der Waals surface area contributed by atoms with Crippen LogP contribution in [0.3, 0.4) is 0 Å². The minimum absolute atomic E-state index is 0.412. The Hall–Kier alpha value is -2.05. The second-order valence-corrected chi connectivity index (χ2v) is 6.03. The Morgan fingerprint density at radius 3 is 2.25 bits per heavy atom. The van der Waals surface area contributed by atoms with Crippen LogP contribution in [0.15, 0.2) is 23.4 Å². The Labute approximate surface area is 115 Å². The van der Waals surface area contributed by atoms with Gasteiger partial charge in [0, 0.05) is 22.8 Å². The predicted molar refractivity (Wildman–Crippen MR) is 61.2 cm³/mol. The lowest BCUT2D eigenvalue weighted by Gasteiger charge is -2.06. The molecule has 104 valence electrons. The summed E-state index contributed by atoms with van der Waals surface area (Å²) in [7, 11) is 0.743. The third kappa shape index (κ3) is 2.35. The minimum Gasteiger partial charge on any atom is -0.219 e. The quantitative estimate of drug-likeness (QED) is 0.627. The molecule has 1 aromatic carbocycles. The topological polar surface area (TPSA) is 75.8 Å². The summed E-state index contributed by atoms with van der Waals surface area (Å²) in [4.78, 5) is 0. The Bertz CT molecular complexity index is 819. The van der Waals surface area contributed by atoms with Crippen LogP contribution in [0.2, 0.25) is 0 Å². The molecule has 10 heteroatoms. The van der Waals surface area contributed by atoms with Gasteiger partial charge >= 0.3 is 0 Å². The van der Waals surface area contributed by atoms with Crippen LogP contribution in [-0.2, 0) is 9.05 Å².